The number of thioether (sulfide) groups is 1. The number of carboxylic acid groups (broad SMARTS) is 3. The monoisotopic (exact) mass is 1890 g/mol. The molecule has 44 nitrogen and oxygen atoms in total. The van der Waals surface area contributed by atoms with E-state index in [1.807, 2.05) is 0 Å². The highest BCUT2D eigenvalue weighted by atomic mass is 32.2. The fourth-order valence-electron chi connectivity index (χ4n) is 16.3. The molecule has 0 bridgehead atoms. The molecule has 8 rings (SSSR count). The lowest BCUT2D eigenvalue weighted by molar-refractivity contribution is -0.149. The zero-order valence-corrected chi connectivity index (χ0v) is 76.8. The molecule has 730 valence electrons. The minimum absolute atomic E-state index is 0.0712. The van der Waals surface area contributed by atoms with Gasteiger partial charge in [0.25, 0.3) is 0 Å². The normalized spacial score (nSPS) is 24.8. The summed E-state index contributed by atoms with van der Waals surface area (Å²) in [7, 11) is 5.13. The second kappa shape index (κ2) is 51.1. The summed E-state index contributed by atoms with van der Waals surface area (Å²) < 4.78 is 5.31. The van der Waals surface area contributed by atoms with Crippen LogP contribution >= 0.6 is 11.8 Å². The summed E-state index contributed by atoms with van der Waals surface area (Å²) in [6.45, 7) is 2.81. The standard InChI is InChI=1S/C89H124N20O24S/c1-8-10-24-67-82(125)97-58(31-32-73(113)114)78(121)104-66(77(120)95-44-71(92)111)46-134-47-72(112)96-62(35-49-27-29-53(133-7)30-28-49)85(128)105(4)48(3)76(119)101-64(40-75(117)118)88(131)108-34-18-26-68(108)83(126)103-65(41-91)81(124)98-59(23-16-17-33-90)87(130)109-45-52(110)38-70(109)84(127)100-60(36-50-42-93-56-21-14-12-19-54(50)56)79(122)99-61(39-74(115)116)80(123)102-63(37-51-43-94-57-22-15-13-20-55(51)57)86(129)107(6)69(25-11-9-2)89(132)106(67)5/h12-15,19-22,27-30,42-43,48,52,58-70,93-94,110H,8-11,16-18,23-26,31-41,44-47,90-91H2,1-7H3,(H2,92,111)(H,95,120)(H,96,112)(H,97,125)(H,98,124)(H,99,122)(H,100,127)(H,101,119)(H,102,123)(H,103,126)(H,104,121)(H,113,114)(H,115,116)(H,117,118)/t48-,52+,58-,59-,60-,61?,62-,63-,64-,65-,66-,67-,68-,69-,70-/m0/s1. The fraction of sp³-hybridized carbons (Fsp3) is 0.539. The molecule has 22 N–H and O–H groups in total. The molecule has 2 aromatic heterocycles. The third-order valence-electron chi connectivity index (χ3n) is 23.9. The van der Waals surface area contributed by atoms with Crippen molar-refractivity contribution in [2.24, 2.45) is 17.2 Å². The number of fused-ring (bicyclic) bond motifs is 4. The number of nitrogens with zero attached hydrogens (tertiary/aromatic N) is 5. The van der Waals surface area contributed by atoms with E-state index in [0.29, 0.717) is 75.3 Å². The summed E-state index contributed by atoms with van der Waals surface area (Å²) in [5, 5.41) is 68.6. The molecule has 1 unspecified atom stereocenters. The Balaban J connectivity index is 1.20. The molecule has 15 atom stereocenters. The van der Waals surface area contributed by atoms with E-state index in [0.717, 1.165) is 24.5 Å². The molecule has 134 heavy (non-hydrogen) atoms. The number of amides is 16. The lowest BCUT2D eigenvalue weighted by Crippen LogP contribution is -2.61. The van der Waals surface area contributed by atoms with Crippen molar-refractivity contribution in [1.29, 1.82) is 0 Å². The van der Waals surface area contributed by atoms with E-state index in [2.05, 4.69) is 63.1 Å². The molecule has 3 fully saturated rings. The Hall–Kier alpha value is -13.3. The number of aromatic nitrogens is 2. The maximum absolute atomic E-state index is 15.8. The number of aliphatic hydroxyl groups is 1. The van der Waals surface area contributed by atoms with Crippen molar-refractivity contribution in [2.45, 2.75) is 233 Å². The summed E-state index contributed by atoms with van der Waals surface area (Å²) in [5.74, 6) is -21.9. The Morgan fingerprint density at radius 3 is 1.62 bits per heavy atom. The number of carbonyl (C=O) groups excluding carboxylic acids is 16. The number of aliphatic carboxylic acids is 3. The predicted octanol–water partition coefficient (Wildman–Crippen LogP) is -2.87. The van der Waals surface area contributed by atoms with Crippen LogP contribution in [-0.4, -0.2) is 330 Å². The molecule has 0 spiro atoms. The molecule has 3 aliphatic rings. The van der Waals surface area contributed by atoms with Gasteiger partial charge in [0.05, 0.1) is 38.4 Å². The molecular weight excluding hydrogens is 1770 g/mol. The van der Waals surface area contributed by atoms with Gasteiger partial charge < -0.3 is 130 Å². The molecule has 3 aromatic carbocycles. The molecule has 45 heteroatoms. The van der Waals surface area contributed by atoms with E-state index in [4.69, 9.17) is 21.9 Å². The second-order valence-corrected chi connectivity index (χ2v) is 34.6. The van der Waals surface area contributed by atoms with E-state index < -0.39 is 273 Å². The first kappa shape index (κ1) is 106. The van der Waals surface area contributed by atoms with Crippen LogP contribution in [0.4, 0.5) is 0 Å². The van der Waals surface area contributed by atoms with Crippen molar-refractivity contribution < 1.29 is 116 Å². The molecule has 0 aliphatic carbocycles. The number of methoxy groups -OCH3 is 1. The number of carboxylic acids is 3. The van der Waals surface area contributed by atoms with Gasteiger partial charge in [-0.2, -0.15) is 0 Å². The minimum Gasteiger partial charge on any atom is -0.497 e. The van der Waals surface area contributed by atoms with Crippen LogP contribution in [0.25, 0.3) is 21.8 Å². The van der Waals surface area contributed by atoms with Crippen LogP contribution in [-0.2, 0) is 110 Å². The number of hydrogen-bond donors (Lipinski definition) is 19. The third kappa shape index (κ3) is 29.6. The molecule has 0 saturated carbocycles. The van der Waals surface area contributed by atoms with E-state index >= 15 is 33.6 Å². The maximum Gasteiger partial charge on any atom is 0.305 e. The van der Waals surface area contributed by atoms with Crippen molar-refractivity contribution in [1.82, 2.24) is 87.6 Å². The number of H-pyrrole nitrogens is 2. The minimum atomic E-state index is -2.08. The zero-order valence-electron chi connectivity index (χ0n) is 76.0. The number of primary amides is 1. The van der Waals surface area contributed by atoms with Crippen LogP contribution < -0.4 is 75.1 Å². The number of hydrogen-bond acceptors (Lipinski definition) is 24. The largest absolute Gasteiger partial charge is 0.497 e. The number of benzene rings is 3. The first-order chi connectivity index (χ1) is 63.8. The highest BCUT2D eigenvalue weighted by molar-refractivity contribution is 8.00. The number of nitrogens with one attached hydrogen (secondary N) is 12. The van der Waals surface area contributed by atoms with Crippen LogP contribution in [0, 0.1) is 0 Å². The Morgan fingerprint density at radius 1 is 0.507 bits per heavy atom. The molecular formula is C89H124N20O24S. The predicted molar refractivity (Wildman–Crippen MR) is 486 cm³/mol. The van der Waals surface area contributed by atoms with Crippen LogP contribution in [0.2, 0.25) is 0 Å². The number of nitrogens with two attached hydrogens (primary N) is 3. The van der Waals surface area contributed by atoms with Gasteiger partial charge in [-0.05, 0) is 106 Å². The summed E-state index contributed by atoms with van der Waals surface area (Å²) in [6, 6.07) is -3.35. The van der Waals surface area contributed by atoms with E-state index in [1.54, 1.807) is 92.8 Å². The van der Waals surface area contributed by atoms with Gasteiger partial charge in [-0.3, -0.25) is 91.1 Å². The highest BCUT2D eigenvalue weighted by Gasteiger charge is 2.47. The Kier molecular flexibility index (Phi) is 40.4. The third-order valence-corrected chi connectivity index (χ3v) is 24.9. The van der Waals surface area contributed by atoms with Gasteiger partial charge in [-0.1, -0.05) is 88.1 Å². The summed E-state index contributed by atoms with van der Waals surface area (Å²) >= 11 is 0.703. The average Bonchev–Trinajstić information content (AvgIpc) is 1.39. The second-order valence-electron chi connectivity index (χ2n) is 33.6. The number of aromatic amines is 2. The topological polar surface area (TPSA) is 661 Å². The summed E-state index contributed by atoms with van der Waals surface area (Å²) in [6.07, 6.45) is -1.87. The maximum atomic E-state index is 15.8. The first-order valence-electron chi connectivity index (χ1n) is 44.6. The van der Waals surface area contributed by atoms with Gasteiger partial charge in [0, 0.05) is 113 Å². The number of para-hydroxylation sites is 2. The van der Waals surface area contributed by atoms with Crippen LogP contribution in [0.1, 0.15) is 140 Å². The highest BCUT2D eigenvalue weighted by Crippen LogP contribution is 2.28. The van der Waals surface area contributed by atoms with Gasteiger partial charge in [0.15, 0.2) is 0 Å². The Bertz CT molecular complexity index is 5050. The van der Waals surface area contributed by atoms with Gasteiger partial charge in [-0.25, -0.2) is 0 Å². The smallest absolute Gasteiger partial charge is 0.305 e. The van der Waals surface area contributed by atoms with Crippen molar-refractivity contribution in [3.63, 3.8) is 0 Å². The first-order valence-corrected chi connectivity index (χ1v) is 45.7. The average molecular weight is 1890 g/mol. The molecule has 5 heterocycles. The summed E-state index contributed by atoms with van der Waals surface area (Å²) in [4.78, 5) is 285. The van der Waals surface area contributed by atoms with Gasteiger partial charge in [-0.15, -0.1) is 11.8 Å². The molecule has 3 saturated heterocycles. The van der Waals surface area contributed by atoms with Crippen LogP contribution in [0.5, 0.6) is 5.75 Å². The number of ether oxygens (including phenoxy) is 1. The number of carbonyl (C=O) groups is 19. The van der Waals surface area contributed by atoms with E-state index in [1.165, 1.54) is 41.4 Å². The Labute approximate surface area is 777 Å². The Morgan fingerprint density at radius 2 is 1.02 bits per heavy atom. The number of likely N-dealkylation sites (N-methyl/N-ethyl adjacent to an activating group) is 3. The van der Waals surface area contributed by atoms with E-state index in [-0.39, 0.29) is 77.3 Å². The number of aliphatic hydroxyl groups excluding tert-OH is 1. The van der Waals surface area contributed by atoms with Crippen molar-refractivity contribution in [3.05, 3.63) is 102 Å². The zero-order chi connectivity index (χ0) is 98.3. The molecule has 0 radical (unpaired) electrons. The van der Waals surface area contributed by atoms with Crippen molar-refractivity contribution in [3.8, 4) is 5.75 Å². The van der Waals surface area contributed by atoms with Crippen LogP contribution in [0.15, 0.2) is 85.2 Å². The van der Waals surface area contributed by atoms with E-state index in [9.17, 15) is 78.0 Å². The SMILES string of the molecule is CCCC[C@H]1C(=O)N(C)[C@@H](CCCC)C(=O)N[C@@H](CCC(=O)O)C(=O)N[C@H](C(=O)NCC(N)=O)CSCC(=O)N[C@@H](Cc2ccc(OC)cc2)C(=O)N(C)[C@@H](C)C(=O)N[C@@H](CC(=O)O)C(=O)N2CCC[C@H]2C(=O)N[C@@H](CN)C(=O)N[C@@H](CCCCN)C(=O)N2C[C@H](O)C[C@H]2C(=O)N[C@@H](Cc2c[nH]c3ccccc23)C(=O)NC(CC(=O)O)C(=O)N[C@@H](Cc2c[nH]c3ccccc23)C(=O)N1C. The van der Waals surface area contributed by atoms with Crippen LogP contribution in [0.3, 0.4) is 0 Å². The quantitative estimate of drug-likeness (QED) is 0.0224. The number of rotatable bonds is 28. The molecule has 16 amide bonds. The van der Waals surface area contributed by atoms with Gasteiger partial charge in [0.1, 0.15) is 90.3 Å². The van der Waals surface area contributed by atoms with Gasteiger partial charge >= 0.3 is 17.9 Å². The fourth-order valence-corrected chi connectivity index (χ4v) is 17.1. The van der Waals surface area contributed by atoms with Crippen molar-refractivity contribution in [2.75, 3.05) is 72.5 Å². The lowest BCUT2D eigenvalue weighted by Gasteiger charge is -2.36. The van der Waals surface area contributed by atoms with Crippen molar-refractivity contribution >= 4 is 146 Å². The molecule has 5 aromatic rings. The van der Waals surface area contributed by atoms with Gasteiger partial charge in [0.2, 0.25) is 94.5 Å². The lowest BCUT2D eigenvalue weighted by atomic mass is 9.99. The summed E-state index contributed by atoms with van der Waals surface area (Å²) in [5.41, 5.74) is 19.9. The number of unbranched alkanes of at least 4 members (excludes halogenated alkanes) is 3. The molecule has 3 aliphatic heterocycles.